The van der Waals surface area contributed by atoms with Crippen LogP contribution in [-0.2, 0) is 17.8 Å². The molecule has 4 aromatic heterocycles. The summed E-state index contributed by atoms with van der Waals surface area (Å²) in [5.74, 6) is 0.661. The lowest BCUT2D eigenvalue weighted by Gasteiger charge is -2.37. The summed E-state index contributed by atoms with van der Waals surface area (Å²) in [6.45, 7) is 2.60. The maximum atomic E-state index is 9.80. The quantitative estimate of drug-likeness (QED) is 0.450. The molecule has 0 amide bonds. The van der Waals surface area contributed by atoms with Gasteiger partial charge in [0, 0.05) is 51.0 Å². The fraction of sp³-hybridized carbons (Fsp3) is 0.318. The Bertz CT molecular complexity index is 1150. The third-order valence-corrected chi connectivity index (χ3v) is 5.46. The summed E-state index contributed by atoms with van der Waals surface area (Å²) in [5, 5.41) is 13.1. The Balaban J connectivity index is 1.37. The minimum atomic E-state index is -0.323. The van der Waals surface area contributed by atoms with Crippen LogP contribution in [-0.4, -0.2) is 65.3 Å². The van der Waals surface area contributed by atoms with Crippen LogP contribution < -0.4 is 5.32 Å². The van der Waals surface area contributed by atoms with Crippen molar-refractivity contribution in [2.45, 2.75) is 25.4 Å². The summed E-state index contributed by atoms with van der Waals surface area (Å²) in [5.41, 5.74) is 3.62. The summed E-state index contributed by atoms with van der Waals surface area (Å²) >= 11 is 0. The number of hydrogen-bond donors (Lipinski definition) is 2. The molecule has 2 atom stereocenters. The van der Waals surface area contributed by atoms with Gasteiger partial charge >= 0.3 is 0 Å². The Morgan fingerprint density at radius 1 is 0.969 bits per heavy atom. The molecule has 0 saturated carbocycles. The number of morpholine rings is 1. The number of aliphatic hydroxyl groups is 1. The lowest BCUT2D eigenvalue weighted by Crippen LogP contribution is -2.46. The van der Waals surface area contributed by atoms with E-state index in [9.17, 15) is 5.11 Å². The molecule has 32 heavy (non-hydrogen) atoms. The van der Waals surface area contributed by atoms with Gasteiger partial charge in [0.1, 0.15) is 12.6 Å². The van der Waals surface area contributed by atoms with Gasteiger partial charge in [0.05, 0.1) is 19.0 Å². The molecule has 10 nitrogen and oxygen atoms in total. The van der Waals surface area contributed by atoms with Gasteiger partial charge in [0.25, 0.3) is 0 Å². The molecule has 1 fully saturated rings. The number of imidazole rings is 1. The predicted molar refractivity (Wildman–Crippen MR) is 117 cm³/mol. The highest BCUT2D eigenvalue weighted by atomic mass is 16.5. The second-order valence-corrected chi connectivity index (χ2v) is 7.70. The van der Waals surface area contributed by atoms with Gasteiger partial charge < -0.3 is 15.2 Å². The van der Waals surface area contributed by atoms with Crippen LogP contribution in [0.5, 0.6) is 0 Å². The first-order valence-electron chi connectivity index (χ1n) is 10.5. The lowest BCUT2D eigenvalue weighted by atomic mass is 10.2. The number of nitrogens with zero attached hydrogens (tertiary/aromatic N) is 7. The van der Waals surface area contributed by atoms with E-state index < -0.39 is 0 Å². The van der Waals surface area contributed by atoms with E-state index in [2.05, 4.69) is 35.1 Å². The minimum Gasteiger partial charge on any atom is -0.394 e. The van der Waals surface area contributed by atoms with Crippen molar-refractivity contribution in [1.29, 1.82) is 0 Å². The van der Waals surface area contributed by atoms with E-state index in [1.54, 1.807) is 31.1 Å². The van der Waals surface area contributed by atoms with E-state index in [0.717, 1.165) is 17.7 Å². The normalized spacial score (nSPS) is 19.3. The first kappa shape index (κ1) is 20.4. The van der Waals surface area contributed by atoms with Gasteiger partial charge in [0.2, 0.25) is 0 Å². The summed E-state index contributed by atoms with van der Waals surface area (Å²) in [6.07, 6.45) is 9.74. The second-order valence-electron chi connectivity index (χ2n) is 7.70. The van der Waals surface area contributed by atoms with Crippen LogP contribution in [0.1, 0.15) is 17.4 Å². The fourth-order valence-corrected chi connectivity index (χ4v) is 3.90. The van der Waals surface area contributed by atoms with Gasteiger partial charge in [-0.3, -0.25) is 19.4 Å². The molecule has 1 saturated heterocycles. The number of hydrogen-bond acceptors (Lipinski definition) is 9. The van der Waals surface area contributed by atoms with Gasteiger partial charge in [-0.1, -0.05) is 0 Å². The third kappa shape index (κ3) is 4.42. The molecule has 164 valence electrons. The van der Waals surface area contributed by atoms with Gasteiger partial charge in [-0.05, 0) is 35.4 Å². The highest BCUT2D eigenvalue weighted by molar-refractivity contribution is 5.82. The molecule has 0 bridgehead atoms. The molecule has 5 heterocycles. The monoisotopic (exact) mass is 432 g/mol. The molecule has 5 rings (SSSR count). The second kappa shape index (κ2) is 9.35. The molecule has 0 unspecified atom stereocenters. The molecule has 1 aliphatic rings. The molecule has 1 aliphatic heterocycles. The van der Waals surface area contributed by atoms with Gasteiger partial charge in [-0.2, -0.15) is 0 Å². The first-order valence-corrected chi connectivity index (χ1v) is 10.5. The molecule has 0 aliphatic carbocycles. The van der Waals surface area contributed by atoms with Crippen molar-refractivity contribution < 1.29 is 9.84 Å². The number of rotatable bonds is 7. The minimum absolute atomic E-state index is 0.0519. The Kier molecular flexibility index (Phi) is 5.97. The van der Waals surface area contributed by atoms with Crippen LogP contribution >= 0.6 is 0 Å². The molecule has 4 aromatic rings. The van der Waals surface area contributed by atoms with Crippen LogP contribution in [0, 0.1) is 0 Å². The molecular formula is C22H24N8O2. The Hall–Kier alpha value is -3.47. The topological polar surface area (TPSA) is 114 Å². The first-order chi connectivity index (χ1) is 15.8. The number of pyridine rings is 2. The zero-order valence-corrected chi connectivity index (χ0v) is 17.4. The maximum absolute atomic E-state index is 9.80. The van der Waals surface area contributed by atoms with E-state index in [0.29, 0.717) is 36.6 Å². The van der Waals surface area contributed by atoms with Gasteiger partial charge in [-0.15, -0.1) is 0 Å². The molecule has 0 spiro atoms. The summed E-state index contributed by atoms with van der Waals surface area (Å²) in [6, 6.07) is 7.90. The molecule has 0 radical (unpaired) electrons. The number of ether oxygens (including phenoxy) is 1. The Morgan fingerprint density at radius 2 is 1.72 bits per heavy atom. The number of fused-ring (bicyclic) bond motifs is 1. The number of anilines is 1. The summed E-state index contributed by atoms with van der Waals surface area (Å²) in [7, 11) is 0. The van der Waals surface area contributed by atoms with Crippen molar-refractivity contribution in [2.24, 2.45) is 0 Å². The van der Waals surface area contributed by atoms with Crippen LogP contribution in [0.3, 0.4) is 0 Å². The van der Waals surface area contributed by atoms with E-state index in [-0.39, 0.29) is 18.9 Å². The Labute approximate surface area is 185 Å². The highest BCUT2D eigenvalue weighted by Crippen LogP contribution is 2.26. The van der Waals surface area contributed by atoms with Crippen molar-refractivity contribution in [3.63, 3.8) is 0 Å². The van der Waals surface area contributed by atoms with E-state index in [1.165, 1.54) is 6.33 Å². The lowest BCUT2D eigenvalue weighted by molar-refractivity contribution is -0.135. The van der Waals surface area contributed by atoms with E-state index in [4.69, 9.17) is 4.74 Å². The SMILES string of the molecule is OC[C@@H]1CN(Cc2ccncc2)C[C@H](n2cnc3c(NCc4ccncc4)ncnc32)O1. The molecule has 10 heteroatoms. The molecule has 2 N–H and O–H groups in total. The average molecular weight is 432 g/mol. The van der Waals surface area contributed by atoms with Crippen molar-refractivity contribution >= 4 is 17.0 Å². The van der Waals surface area contributed by atoms with Crippen LogP contribution in [0.25, 0.3) is 11.2 Å². The van der Waals surface area contributed by atoms with E-state index in [1.807, 2.05) is 28.8 Å². The Morgan fingerprint density at radius 3 is 2.47 bits per heavy atom. The van der Waals surface area contributed by atoms with Crippen molar-refractivity contribution in [2.75, 3.05) is 25.0 Å². The highest BCUT2D eigenvalue weighted by Gasteiger charge is 2.30. The average Bonchev–Trinajstić information content (AvgIpc) is 3.29. The van der Waals surface area contributed by atoms with E-state index >= 15 is 0 Å². The van der Waals surface area contributed by atoms with Crippen LogP contribution in [0.2, 0.25) is 0 Å². The number of aliphatic hydroxyl groups excluding tert-OH is 1. The standard InChI is InChI=1S/C22H24N8O2/c31-13-18-11-29(10-17-3-7-24-8-4-17)12-19(32-18)30-15-28-20-21(26-14-27-22(20)30)25-9-16-1-5-23-6-2-16/h1-8,14-15,18-19,31H,9-13H2,(H,25,26,27)/t18-,19+/m0/s1. The summed E-state index contributed by atoms with van der Waals surface area (Å²) < 4.78 is 8.07. The zero-order valence-electron chi connectivity index (χ0n) is 17.4. The largest absolute Gasteiger partial charge is 0.394 e. The predicted octanol–water partition coefficient (Wildman–Crippen LogP) is 1.62. The van der Waals surface area contributed by atoms with Crippen LogP contribution in [0.4, 0.5) is 5.82 Å². The number of nitrogens with one attached hydrogen (secondary N) is 1. The van der Waals surface area contributed by atoms with Crippen molar-refractivity contribution in [3.05, 3.63) is 72.8 Å². The molecule has 0 aromatic carbocycles. The maximum Gasteiger partial charge on any atom is 0.167 e. The van der Waals surface area contributed by atoms with Crippen molar-refractivity contribution in [1.82, 2.24) is 34.4 Å². The van der Waals surface area contributed by atoms with Crippen molar-refractivity contribution in [3.8, 4) is 0 Å². The third-order valence-electron chi connectivity index (χ3n) is 5.46. The van der Waals surface area contributed by atoms with Gasteiger partial charge in [-0.25, -0.2) is 15.0 Å². The zero-order chi connectivity index (χ0) is 21.8. The molecular weight excluding hydrogens is 408 g/mol. The number of aromatic nitrogens is 6. The summed E-state index contributed by atoms with van der Waals surface area (Å²) in [4.78, 5) is 23.8. The fourth-order valence-electron chi connectivity index (χ4n) is 3.90. The van der Waals surface area contributed by atoms with Crippen LogP contribution in [0.15, 0.2) is 61.7 Å². The van der Waals surface area contributed by atoms with Gasteiger partial charge in [0.15, 0.2) is 17.0 Å². The smallest absolute Gasteiger partial charge is 0.167 e.